The number of likely N-dealkylation sites (tertiary alicyclic amines) is 2. The quantitative estimate of drug-likeness (QED) is 0.380. The molecule has 0 spiro atoms. The Morgan fingerprint density at radius 1 is 1.25 bits per heavy atom. The molecule has 24 heavy (non-hydrogen) atoms. The van der Waals surface area contributed by atoms with E-state index in [1.807, 2.05) is 27.8 Å². The molecule has 0 saturated carbocycles. The van der Waals surface area contributed by atoms with Crippen molar-refractivity contribution in [3.05, 3.63) is 0 Å². The van der Waals surface area contributed by atoms with Crippen molar-refractivity contribution in [2.75, 3.05) is 52.1 Å². The topological polar surface area (TPSA) is 47.9 Å². The largest absolute Gasteiger partial charge is 0.355 e. The van der Waals surface area contributed by atoms with Crippen LogP contribution in [0.5, 0.6) is 0 Å². The molecular weight excluding hydrogens is 435 g/mol. The van der Waals surface area contributed by atoms with Crippen LogP contribution in [-0.2, 0) is 10.8 Å². The van der Waals surface area contributed by atoms with Crippen LogP contribution >= 0.6 is 24.0 Å². The van der Waals surface area contributed by atoms with E-state index in [-0.39, 0.29) is 28.7 Å². The summed E-state index contributed by atoms with van der Waals surface area (Å²) >= 11 is 0. The smallest absolute Gasteiger partial charge is 0.193 e. The molecule has 5 nitrogen and oxygen atoms in total. The summed E-state index contributed by atoms with van der Waals surface area (Å²) in [4.78, 5) is 9.38. The predicted octanol–water partition coefficient (Wildman–Crippen LogP) is 2.14. The molecule has 0 aromatic heterocycles. The number of nitrogens with one attached hydrogen (secondary N) is 1. The van der Waals surface area contributed by atoms with Gasteiger partial charge in [0.15, 0.2) is 5.96 Å². The third-order valence-corrected chi connectivity index (χ3v) is 6.71. The molecule has 0 aliphatic carbocycles. The van der Waals surface area contributed by atoms with Crippen LogP contribution in [-0.4, -0.2) is 76.8 Å². The summed E-state index contributed by atoms with van der Waals surface area (Å²) in [6, 6.07) is 0. The molecular formula is C17H35IN4OS. The lowest BCUT2D eigenvalue weighted by Crippen LogP contribution is -2.42. The molecule has 0 aromatic rings. The van der Waals surface area contributed by atoms with Crippen LogP contribution in [0.1, 0.15) is 40.0 Å². The molecule has 0 amide bonds. The van der Waals surface area contributed by atoms with E-state index in [1.54, 1.807) is 0 Å². The van der Waals surface area contributed by atoms with Crippen LogP contribution in [0.3, 0.4) is 0 Å². The first-order chi connectivity index (χ1) is 10.9. The van der Waals surface area contributed by atoms with E-state index >= 15 is 0 Å². The lowest BCUT2D eigenvalue weighted by molar-refractivity contribution is 0.281. The van der Waals surface area contributed by atoms with E-state index in [1.165, 1.54) is 38.9 Å². The summed E-state index contributed by atoms with van der Waals surface area (Å²) in [5.74, 6) is 2.41. The zero-order valence-corrected chi connectivity index (χ0v) is 18.9. The number of hydrogen-bond donors (Lipinski definition) is 1. The highest BCUT2D eigenvalue weighted by Crippen LogP contribution is 2.20. The van der Waals surface area contributed by atoms with Gasteiger partial charge in [0.2, 0.25) is 0 Å². The SMILES string of the molecule is CN=C(NCCS(=O)C(C)(C)C)N1CCC(CN2CCCC2)C1.I. The van der Waals surface area contributed by atoms with Crippen molar-refractivity contribution >= 4 is 40.7 Å². The number of halogens is 1. The molecule has 7 heteroatoms. The van der Waals surface area contributed by atoms with Crippen LogP contribution in [0.4, 0.5) is 0 Å². The van der Waals surface area contributed by atoms with Crippen LogP contribution in [0, 0.1) is 5.92 Å². The fraction of sp³-hybridized carbons (Fsp3) is 0.941. The minimum atomic E-state index is -0.810. The van der Waals surface area contributed by atoms with E-state index in [0.29, 0.717) is 5.75 Å². The van der Waals surface area contributed by atoms with E-state index in [4.69, 9.17) is 0 Å². The molecule has 0 bridgehead atoms. The number of hydrogen-bond acceptors (Lipinski definition) is 3. The molecule has 142 valence electrons. The Balaban J connectivity index is 0.00000288. The summed E-state index contributed by atoms with van der Waals surface area (Å²) < 4.78 is 12.0. The first kappa shape index (κ1) is 22.2. The normalized spacial score (nSPS) is 24.1. The minimum Gasteiger partial charge on any atom is -0.355 e. The summed E-state index contributed by atoms with van der Waals surface area (Å²) in [7, 11) is 1.03. The zero-order chi connectivity index (χ0) is 16.9. The fourth-order valence-corrected chi connectivity index (χ4v) is 4.30. The van der Waals surface area contributed by atoms with Crippen molar-refractivity contribution in [1.29, 1.82) is 0 Å². The van der Waals surface area contributed by atoms with Gasteiger partial charge in [0.25, 0.3) is 0 Å². The predicted molar refractivity (Wildman–Crippen MR) is 115 cm³/mol. The number of guanidine groups is 1. The molecule has 2 aliphatic heterocycles. The summed E-state index contributed by atoms with van der Waals surface area (Å²) in [5, 5.41) is 3.40. The summed E-state index contributed by atoms with van der Waals surface area (Å²) in [5.41, 5.74) is 0. The fourth-order valence-electron chi connectivity index (χ4n) is 3.40. The van der Waals surface area contributed by atoms with Gasteiger partial charge >= 0.3 is 0 Å². The van der Waals surface area contributed by atoms with Crippen molar-refractivity contribution in [3.63, 3.8) is 0 Å². The van der Waals surface area contributed by atoms with E-state index in [0.717, 1.165) is 31.5 Å². The standard InChI is InChI=1S/C17H34N4OS.HI/c1-17(2,3)23(22)12-8-19-16(18-4)21-11-7-15(14-21)13-20-9-5-6-10-20;/h15H,5-14H2,1-4H3,(H,18,19);1H. The average Bonchev–Trinajstić information content (AvgIpc) is 3.15. The van der Waals surface area contributed by atoms with Crippen molar-refractivity contribution in [1.82, 2.24) is 15.1 Å². The first-order valence-electron chi connectivity index (χ1n) is 8.96. The highest BCUT2D eigenvalue weighted by Gasteiger charge is 2.27. The third kappa shape index (κ3) is 6.78. The van der Waals surface area contributed by atoms with Gasteiger partial charge in [0.05, 0.1) is 0 Å². The van der Waals surface area contributed by atoms with Crippen molar-refractivity contribution in [2.45, 2.75) is 44.8 Å². The Morgan fingerprint density at radius 3 is 2.50 bits per heavy atom. The molecule has 2 rings (SSSR count). The molecule has 2 atom stereocenters. The molecule has 2 heterocycles. The van der Waals surface area contributed by atoms with Gasteiger partial charge in [-0.25, -0.2) is 0 Å². The van der Waals surface area contributed by atoms with Gasteiger partial charge in [0.1, 0.15) is 0 Å². The molecule has 2 aliphatic rings. The highest BCUT2D eigenvalue weighted by molar-refractivity contribution is 14.0. The first-order valence-corrected chi connectivity index (χ1v) is 10.3. The second-order valence-electron chi connectivity index (χ2n) is 7.74. The van der Waals surface area contributed by atoms with E-state index in [9.17, 15) is 4.21 Å². The van der Waals surface area contributed by atoms with Gasteiger partial charge in [-0.15, -0.1) is 24.0 Å². The summed E-state index contributed by atoms with van der Waals surface area (Å²) in [6.07, 6.45) is 3.99. The monoisotopic (exact) mass is 470 g/mol. The third-order valence-electron chi connectivity index (χ3n) is 4.77. The maximum absolute atomic E-state index is 12.1. The number of aliphatic imine (C=N–C) groups is 1. The number of nitrogens with zero attached hydrogens (tertiary/aromatic N) is 3. The molecule has 2 unspecified atom stereocenters. The van der Waals surface area contributed by atoms with Crippen molar-refractivity contribution in [2.24, 2.45) is 10.9 Å². The maximum atomic E-state index is 12.1. The Kier molecular flexibility index (Phi) is 9.51. The van der Waals surface area contributed by atoms with Crippen LogP contribution in [0.25, 0.3) is 0 Å². The molecule has 1 N–H and O–H groups in total. The van der Waals surface area contributed by atoms with Gasteiger partial charge in [-0.05, 0) is 59.0 Å². The second kappa shape index (κ2) is 10.3. The molecule has 2 saturated heterocycles. The van der Waals surface area contributed by atoms with Crippen LogP contribution in [0.15, 0.2) is 4.99 Å². The minimum absolute atomic E-state index is 0. The Morgan fingerprint density at radius 2 is 1.92 bits per heavy atom. The van der Waals surface area contributed by atoms with Gasteiger partial charge in [0, 0.05) is 54.5 Å². The molecule has 0 aromatic carbocycles. The average molecular weight is 470 g/mol. The number of rotatable bonds is 5. The van der Waals surface area contributed by atoms with Crippen LogP contribution < -0.4 is 5.32 Å². The van der Waals surface area contributed by atoms with E-state index < -0.39 is 10.8 Å². The Hall–Kier alpha value is 0.110. The Labute approximate surface area is 167 Å². The lowest BCUT2D eigenvalue weighted by atomic mass is 10.1. The molecule has 2 fully saturated rings. The van der Waals surface area contributed by atoms with Crippen molar-refractivity contribution < 1.29 is 4.21 Å². The molecule has 0 radical (unpaired) electrons. The highest BCUT2D eigenvalue weighted by atomic mass is 127. The summed E-state index contributed by atoms with van der Waals surface area (Å²) in [6.45, 7) is 12.8. The van der Waals surface area contributed by atoms with Gasteiger partial charge < -0.3 is 15.1 Å². The van der Waals surface area contributed by atoms with Crippen molar-refractivity contribution in [3.8, 4) is 0 Å². The maximum Gasteiger partial charge on any atom is 0.193 e. The second-order valence-corrected chi connectivity index (χ2v) is 10.1. The van der Waals surface area contributed by atoms with Crippen LogP contribution in [0.2, 0.25) is 0 Å². The zero-order valence-electron chi connectivity index (χ0n) is 15.7. The van der Waals surface area contributed by atoms with Gasteiger partial charge in [-0.1, -0.05) is 0 Å². The lowest BCUT2D eigenvalue weighted by Gasteiger charge is -2.24. The van der Waals surface area contributed by atoms with E-state index in [2.05, 4.69) is 20.1 Å². The van der Waals surface area contributed by atoms with Gasteiger partial charge in [-0.3, -0.25) is 9.20 Å². The van der Waals surface area contributed by atoms with Gasteiger partial charge in [-0.2, -0.15) is 0 Å². The Bertz CT molecular complexity index is 433.